The third kappa shape index (κ3) is 5.73. The maximum absolute atomic E-state index is 12.2. The van der Waals surface area contributed by atoms with Crippen molar-refractivity contribution in [3.63, 3.8) is 0 Å². The molecule has 136 valence electrons. The van der Waals surface area contributed by atoms with Gasteiger partial charge in [0.25, 0.3) is 0 Å². The lowest BCUT2D eigenvalue weighted by atomic mass is 10.2. The van der Waals surface area contributed by atoms with Gasteiger partial charge in [-0.05, 0) is 60.0 Å². The minimum atomic E-state index is -0.198. The Hall–Kier alpha value is -3.04. The molecular formula is C23H20ClNO2. The Balaban J connectivity index is 1.60. The van der Waals surface area contributed by atoms with Crippen molar-refractivity contribution in [1.29, 1.82) is 0 Å². The smallest absolute Gasteiger partial charge is 0.248 e. The van der Waals surface area contributed by atoms with Gasteiger partial charge in [-0.1, -0.05) is 54.1 Å². The summed E-state index contributed by atoms with van der Waals surface area (Å²) in [6, 6.07) is 23.0. The highest BCUT2D eigenvalue weighted by Crippen LogP contribution is 2.20. The summed E-state index contributed by atoms with van der Waals surface area (Å²) in [5.41, 5.74) is 3.66. The zero-order valence-corrected chi connectivity index (χ0v) is 15.7. The third-order valence-electron chi connectivity index (χ3n) is 3.98. The topological polar surface area (TPSA) is 38.3 Å². The van der Waals surface area contributed by atoms with Crippen molar-refractivity contribution in [1.82, 2.24) is 0 Å². The number of nitrogens with one attached hydrogen (secondary N) is 1. The van der Waals surface area contributed by atoms with Crippen LogP contribution >= 0.6 is 11.6 Å². The third-order valence-corrected chi connectivity index (χ3v) is 4.21. The first-order chi connectivity index (χ1) is 13.1. The Morgan fingerprint density at radius 2 is 1.85 bits per heavy atom. The Morgan fingerprint density at radius 1 is 1.04 bits per heavy atom. The van der Waals surface area contributed by atoms with Crippen molar-refractivity contribution < 1.29 is 9.53 Å². The number of hydrogen-bond acceptors (Lipinski definition) is 2. The van der Waals surface area contributed by atoms with Gasteiger partial charge in [-0.15, -0.1) is 0 Å². The van der Waals surface area contributed by atoms with E-state index in [1.54, 1.807) is 18.2 Å². The molecule has 0 saturated heterocycles. The Morgan fingerprint density at radius 3 is 2.63 bits per heavy atom. The average Bonchev–Trinajstić information content (AvgIpc) is 2.68. The highest BCUT2D eigenvalue weighted by atomic mass is 35.5. The van der Waals surface area contributed by atoms with Crippen LogP contribution in [0, 0.1) is 6.92 Å². The molecule has 3 aromatic rings. The van der Waals surface area contributed by atoms with E-state index in [-0.39, 0.29) is 5.91 Å². The SMILES string of the molecule is Cc1cc(Cl)ccc1NC(=O)/C=C/c1cccc(OCc2ccccc2)c1. The molecule has 0 heterocycles. The molecule has 0 fully saturated rings. The first-order valence-electron chi connectivity index (χ1n) is 8.62. The van der Waals surface area contributed by atoms with E-state index in [1.807, 2.05) is 67.6 Å². The molecule has 0 spiro atoms. The molecular weight excluding hydrogens is 358 g/mol. The van der Waals surface area contributed by atoms with Crippen LogP contribution in [-0.4, -0.2) is 5.91 Å². The molecule has 4 heteroatoms. The number of ether oxygens (including phenoxy) is 1. The fraction of sp³-hybridized carbons (Fsp3) is 0.0870. The van der Waals surface area contributed by atoms with Gasteiger partial charge < -0.3 is 10.1 Å². The fourth-order valence-corrected chi connectivity index (χ4v) is 2.79. The number of carbonyl (C=O) groups is 1. The second kappa shape index (κ2) is 9.06. The summed E-state index contributed by atoms with van der Waals surface area (Å²) in [5, 5.41) is 3.50. The lowest BCUT2D eigenvalue weighted by Crippen LogP contribution is -2.08. The maximum atomic E-state index is 12.2. The fourth-order valence-electron chi connectivity index (χ4n) is 2.56. The Bertz CT molecular complexity index is 952. The summed E-state index contributed by atoms with van der Waals surface area (Å²) in [6.45, 7) is 2.41. The molecule has 1 N–H and O–H groups in total. The number of hydrogen-bond donors (Lipinski definition) is 1. The summed E-state index contributed by atoms with van der Waals surface area (Å²) < 4.78 is 5.82. The van der Waals surface area contributed by atoms with Crippen molar-refractivity contribution in [3.8, 4) is 5.75 Å². The molecule has 0 aromatic heterocycles. The van der Waals surface area contributed by atoms with E-state index < -0.39 is 0 Å². The van der Waals surface area contributed by atoms with Crippen LogP contribution < -0.4 is 10.1 Å². The quantitative estimate of drug-likeness (QED) is 0.545. The predicted octanol–water partition coefficient (Wildman–Crippen LogP) is 5.88. The molecule has 3 rings (SSSR count). The minimum absolute atomic E-state index is 0.198. The molecule has 27 heavy (non-hydrogen) atoms. The highest BCUT2D eigenvalue weighted by molar-refractivity contribution is 6.30. The zero-order valence-electron chi connectivity index (χ0n) is 15.0. The van der Waals surface area contributed by atoms with Gasteiger partial charge in [0, 0.05) is 16.8 Å². The summed E-state index contributed by atoms with van der Waals surface area (Å²) in [7, 11) is 0. The molecule has 1 amide bonds. The van der Waals surface area contributed by atoms with Gasteiger partial charge in [-0.25, -0.2) is 0 Å². The van der Waals surface area contributed by atoms with Gasteiger partial charge in [-0.2, -0.15) is 0 Å². The molecule has 0 aliphatic carbocycles. The van der Waals surface area contributed by atoms with Gasteiger partial charge in [0.05, 0.1) is 0 Å². The van der Waals surface area contributed by atoms with Crippen molar-refractivity contribution in [2.75, 3.05) is 5.32 Å². The standard InChI is InChI=1S/C23H20ClNO2/c1-17-14-20(24)11-12-22(17)25-23(26)13-10-18-8-5-9-21(15-18)27-16-19-6-3-2-4-7-19/h2-15H,16H2,1H3,(H,25,26)/b13-10+. The summed E-state index contributed by atoms with van der Waals surface area (Å²) in [6.07, 6.45) is 3.26. The largest absolute Gasteiger partial charge is 0.489 e. The van der Waals surface area contributed by atoms with Crippen molar-refractivity contribution in [2.45, 2.75) is 13.5 Å². The van der Waals surface area contributed by atoms with Crippen molar-refractivity contribution >= 4 is 29.3 Å². The van der Waals surface area contributed by atoms with Gasteiger partial charge >= 0.3 is 0 Å². The number of halogens is 1. The van der Waals surface area contributed by atoms with Crippen LogP contribution in [0.2, 0.25) is 5.02 Å². The van der Waals surface area contributed by atoms with Crippen LogP contribution in [-0.2, 0) is 11.4 Å². The van der Waals surface area contributed by atoms with E-state index in [4.69, 9.17) is 16.3 Å². The predicted molar refractivity (Wildman–Crippen MR) is 111 cm³/mol. The summed E-state index contributed by atoms with van der Waals surface area (Å²) in [4.78, 5) is 12.2. The second-order valence-electron chi connectivity index (χ2n) is 6.13. The van der Waals surface area contributed by atoms with Gasteiger partial charge in [0.15, 0.2) is 0 Å². The van der Waals surface area contributed by atoms with E-state index in [2.05, 4.69) is 5.32 Å². The molecule has 0 saturated carbocycles. The molecule has 0 unspecified atom stereocenters. The van der Waals surface area contributed by atoms with E-state index in [0.29, 0.717) is 11.6 Å². The Labute approximate surface area is 164 Å². The van der Waals surface area contributed by atoms with Crippen LogP contribution in [0.15, 0.2) is 78.9 Å². The number of amides is 1. The van der Waals surface area contributed by atoms with Crippen LogP contribution in [0.1, 0.15) is 16.7 Å². The normalized spacial score (nSPS) is 10.7. The molecule has 0 aliphatic rings. The maximum Gasteiger partial charge on any atom is 0.248 e. The summed E-state index contributed by atoms with van der Waals surface area (Å²) in [5.74, 6) is 0.561. The van der Waals surface area contributed by atoms with E-state index in [9.17, 15) is 4.79 Å². The molecule has 0 atom stereocenters. The molecule has 3 aromatic carbocycles. The number of benzene rings is 3. The van der Waals surface area contributed by atoms with Gasteiger partial charge in [-0.3, -0.25) is 4.79 Å². The monoisotopic (exact) mass is 377 g/mol. The van der Waals surface area contributed by atoms with Gasteiger partial charge in [0.1, 0.15) is 12.4 Å². The van der Waals surface area contributed by atoms with E-state index in [1.165, 1.54) is 6.08 Å². The van der Waals surface area contributed by atoms with Crippen LogP contribution in [0.3, 0.4) is 0 Å². The van der Waals surface area contributed by atoms with Crippen molar-refractivity contribution in [3.05, 3.63) is 101 Å². The number of rotatable bonds is 6. The minimum Gasteiger partial charge on any atom is -0.489 e. The molecule has 3 nitrogen and oxygen atoms in total. The number of carbonyl (C=O) groups excluding carboxylic acids is 1. The molecule has 0 radical (unpaired) electrons. The zero-order chi connectivity index (χ0) is 19.1. The average molecular weight is 378 g/mol. The Kier molecular flexibility index (Phi) is 6.29. The first kappa shape index (κ1) is 18.7. The van der Waals surface area contributed by atoms with E-state index >= 15 is 0 Å². The van der Waals surface area contributed by atoms with E-state index in [0.717, 1.165) is 28.1 Å². The number of aryl methyl sites for hydroxylation is 1. The van der Waals surface area contributed by atoms with Gasteiger partial charge in [0.2, 0.25) is 5.91 Å². The lowest BCUT2D eigenvalue weighted by molar-refractivity contribution is -0.111. The summed E-state index contributed by atoms with van der Waals surface area (Å²) >= 11 is 5.94. The lowest BCUT2D eigenvalue weighted by Gasteiger charge is -2.07. The first-order valence-corrected chi connectivity index (χ1v) is 9.00. The molecule has 0 bridgehead atoms. The number of anilines is 1. The second-order valence-corrected chi connectivity index (χ2v) is 6.57. The highest BCUT2D eigenvalue weighted by Gasteiger charge is 2.02. The van der Waals surface area contributed by atoms with Crippen molar-refractivity contribution in [2.24, 2.45) is 0 Å². The molecule has 0 aliphatic heterocycles. The van der Waals surface area contributed by atoms with Crippen LogP contribution in [0.4, 0.5) is 5.69 Å². The van der Waals surface area contributed by atoms with Crippen LogP contribution in [0.25, 0.3) is 6.08 Å². The van der Waals surface area contributed by atoms with Crippen LogP contribution in [0.5, 0.6) is 5.75 Å².